The second-order valence-electron chi connectivity index (χ2n) is 4.48. The number of thiophene rings is 1. The number of rotatable bonds is 6. The number of benzene rings is 1. The van der Waals surface area contributed by atoms with Gasteiger partial charge in [-0.15, -0.1) is 11.3 Å². The van der Waals surface area contributed by atoms with E-state index in [0.29, 0.717) is 23.7 Å². The molecule has 3 N–H and O–H groups in total. The molecular formula is C15H18N2O3S. The van der Waals surface area contributed by atoms with E-state index < -0.39 is 6.10 Å². The Balaban J connectivity index is 1.94. The van der Waals surface area contributed by atoms with Crippen molar-refractivity contribution in [2.75, 3.05) is 18.2 Å². The van der Waals surface area contributed by atoms with Crippen LogP contribution in [0.15, 0.2) is 35.7 Å². The van der Waals surface area contributed by atoms with Gasteiger partial charge in [0.25, 0.3) is 5.91 Å². The molecule has 0 aliphatic heterocycles. The number of anilines is 2. The van der Waals surface area contributed by atoms with Crippen LogP contribution in [0.1, 0.15) is 11.8 Å². The van der Waals surface area contributed by atoms with E-state index in [9.17, 15) is 4.79 Å². The van der Waals surface area contributed by atoms with Crippen LogP contribution in [0.3, 0.4) is 0 Å². The number of nitrogen functional groups attached to an aromatic ring is 1. The van der Waals surface area contributed by atoms with Gasteiger partial charge in [-0.25, -0.2) is 0 Å². The molecule has 5 nitrogen and oxygen atoms in total. The maximum atomic E-state index is 12.1. The number of nitrogens with two attached hydrogens (primary N) is 1. The second-order valence-corrected chi connectivity index (χ2v) is 5.51. The van der Waals surface area contributed by atoms with Crippen molar-refractivity contribution in [2.24, 2.45) is 0 Å². The molecule has 0 bridgehead atoms. The average Bonchev–Trinajstić information content (AvgIpc) is 2.99. The monoisotopic (exact) mass is 306 g/mol. The van der Waals surface area contributed by atoms with Gasteiger partial charge >= 0.3 is 0 Å². The van der Waals surface area contributed by atoms with Crippen LogP contribution in [0.25, 0.3) is 0 Å². The summed E-state index contributed by atoms with van der Waals surface area (Å²) in [5.41, 5.74) is 6.83. The summed E-state index contributed by atoms with van der Waals surface area (Å²) < 4.78 is 10.7. The predicted octanol–water partition coefficient (Wildman–Crippen LogP) is 2.88. The first kappa shape index (κ1) is 15.3. The van der Waals surface area contributed by atoms with Gasteiger partial charge in [0.1, 0.15) is 11.9 Å². The van der Waals surface area contributed by atoms with Crippen molar-refractivity contribution in [3.63, 3.8) is 0 Å². The SMILES string of the molecule is COc1cc(N)ccc1NC(=O)C(C)OCc1cccs1. The number of hydrogen-bond donors (Lipinski definition) is 2. The number of carbonyl (C=O) groups excluding carboxylic acids is 1. The molecule has 0 aliphatic carbocycles. The predicted molar refractivity (Wildman–Crippen MR) is 84.6 cm³/mol. The summed E-state index contributed by atoms with van der Waals surface area (Å²) >= 11 is 1.60. The molecule has 6 heteroatoms. The lowest BCUT2D eigenvalue weighted by Gasteiger charge is -2.15. The molecule has 0 fully saturated rings. The fourth-order valence-corrected chi connectivity index (χ4v) is 2.35. The smallest absolute Gasteiger partial charge is 0.253 e. The van der Waals surface area contributed by atoms with Crippen LogP contribution in [0.2, 0.25) is 0 Å². The minimum atomic E-state index is -0.561. The van der Waals surface area contributed by atoms with Crippen molar-refractivity contribution in [1.29, 1.82) is 0 Å². The molecule has 1 aromatic carbocycles. The Morgan fingerprint density at radius 1 is 1.43 bits per heavy atom. The van der Waals surface area contributed by atoms with E-state index in [-0.39, 0.29) is 5.91 Å². The Hall–Kier alpha value is -2.05. The lowest BCUT2D eigenvalue weighted by atomic mass is 10.2. The van der Waals surface area contributed by atoms with E-state index in [0.717, 1.165) is 4.88 Å². The molecule has 112 valence electrons. The maximum absolute atomic E-state index is 12.1. The quantitative estimate of drug-likeness (QED) is 0.805. The molecule has 1 atom stereocenters. The molecule has 21 heavy (non-hydrogen) atoms. The van der Waals surface area contributed by atoms with E-state index >= 15 is 0 Å². The van der Waals surface area contributed by atoms with Crippen molar-refractivity contribution in [2.45, 2.75) is 19.6 Å². The zero-order valence-corrected chi connectivity index (χ0v) is 12.8. The van der Waals surface area contributed by atoms with Crippen LogP contribution in [-0.2, 0) is 16.1 Å². The van der Waals surface area contributed by atoms with Crippen molar-refractivity contribution >= 4 is 28.6 Å². The Morgan fingerprint density at radius 3 is 2.90 bits per heavy atom. The summed E-state index contributed by atoms with van der Waals surface area (Å²) in [7, 11) is 1.53. The Kier molecular flexibility index (Phi) is 5.19. The minimum Gasteiger partial charge on any atom is -0.494 e. The first-order chi connectivity index (χ1) is 10.1. The molecule has 0 radical (unpaired) electrons. The van der Waals surface area contributed by atoms with Gasteiger partial charge in [-0.1, -0.05) is 6.07 Å². The minimum absolute atomic E-state index is 0.227. The van der Waals surface area contributed by atoms with Crippen molar-refractivity contribution in [3.8, 4) is 5.75 Å². The van der Waals surface area contributed by atoms with Crippen LogP contribution < -0.4 is 15.8 Å². The van der Waals surface area contributed by atoms with Gasteiger partial charge in [0.15, 0.2) is 0 Å². The number of hydrogen-bond acceptors (Lipinski definition) is 5. The molecule has 0 saturated carbocycles. The summed E-state index contributed by atoms with van der Waals surface area (Å²) in [6, 6.07) is 8.99. The van der Waals surface area contributed by atoms with Crippen LogP contribution in [0.4, 0.5) is 11.4 Å². The van der Waals surface area contributed by atoms with Gasteiger partial charge in [-0.05, 0) is 30.5 Å². The van der Waals surface area contributed by atoms with E-state index in [1.807, 2.05) is 17.5 Å². The molecule has 0 aliphatic rings. The normalized spacial score (nSPS) is 11.9. The highest BCUT2D eigenvalue weighted by atomic mass is 32.1. The van der Waals surface area contributed by atoms with E-state index in [1.54, 1.807) is 36.5 Å². The number of methoxy groups -OCH3 is 1. The van der Waals surface area contributed by atoms with Crippen LogP contribution in [-0.4, -0.2) is 19.1 Å². The second kappa shape index (κ2) is 7.10. The summed E-state index contributed by atoms with van der Waals surface area (Å²) in [6.45, 7) is 2.14. The first-order valence-electron chi connectivity index (χ1n) is 6.48. The largest absolute Gasteiger partial charge is 0.494 e. The third-order valence-corrected chi connectivity index (χ3v) is 3.76. The molecule has 0 spiro atoms. The average molecular weight is 306 g/mol. The highest BCUT2D eigenvalue weighted by Gasteiger charge is 2.16. The van der Waals surface area contributed by atoms with Gasteiger partial charge < -0.3 is 20.5 Å². The lowest BCUT2D eigenvalue weighted by molar-refractivity contribution is -0.127. The van der Waals surface area contributed by atoms with E-state index in [1.165, 1.54) is 7.11 Å². The summed E-state index contributed by atoms with van der Waals surface area (Å²) in [4.78, 5) is 13.2. The molecule has 0 saturated heterocycles. The maximum Gasteiger partial charge on any atom is 0.253 e. The molecular weight excluding hydrogens is 288 g/mol. The molecule has 2 aromatic rings. The van der Waals surface area contributed by atoms with Crippen LogP contribution in [0, 0.1) is 0 Å². The van der Waals surface area contributed by atoms with E-state index in [2.05, 4.69) is 5.32 Å². The van der Waals surface area contributed by atoms with Gasteiger partial charge in [0, 0.05) is 16.6 Å². The number of carbonyl (C=O) groups is 1. The third-order valence-electron chi connectivity index (χ3n) is 2.91. The first-order valence-corrected chi connectivity index (χ1v) is 7.36. The van der Waals surface area contributed by atoms with Crippen molar-refractivity contribution in [3.05, 3.63) is 40.6 Å². The van der Waals surface area contributed by atoms with Gasteiger partial charge in [0.2, 0.25) is 0 Å². The number of amides is 1. The Bertz CT molecular complexity index is 599. The summed E-state index contributed by atoms with van der Waals surface area (Å²) in [5, 5.41) is 4.75. The van der Waals surface area contributed by atoms with Crippen LogP contribution in [0.5, 0.6) is 5.75 Å². The lowest BCUT2D eigenvalue weighted by Crippen LogP contribution is -2.27. The van der Waals surface area contributed by atoms with Gasteiger partial charge in [-0.2, -0.15) is 0 Å². The Labute approximate surface area is 127 Å². The highest BCUT2D eigenvalue weighted by Crippen LogP contribution is 2.26. The molecule has 1 unspecified atom stereocenters. The summed E-state index contributed by atoms with van der Waals surface area (Å²) in [6.07, 6.45) is -0.561. The molecule has 2 rings (SSSR count). The zero-order chi connectivity index (χ0) is 15.2. The standard InChI is InChI=1S/C15H18N2O3S/c1-10(20-9-12-4-3-7-21-12)15(18)17-13-6-5-11(16)8-14(13)19-2/h3-8,10H,9,16H2,1-2H3,(H,17,18). The topological polar surface area (TPSA) is 73.6 Å². The molecule has 1 amide bonds. The third kappa shape index (κ3) is 4.21. The highest BCUT2D eigenvalue weighted by molar-refractivity contribution is 7.09. The Morgan fingerprint density at radius 2 is 2.24 bits per heavy atom. The van der Waals surface area contributed by atoms with Gasteiger partial charge in [-0.3, -0.25) is 4.79 Å². The number of nitrogens with one attached hydrogen (secondary N) is 1. The van der Waals surface area contributed by atoms with Crippen molar-refractivity contribution < 1.29 is 14.3 Å². The zero-order valence-electron chi connectivity index (χ0n) is 12.0. The fourth-order valence-electron chi connectivity index (χ4n) is 1.72. The fraction of sp³-hybridized carbons (Fsp3) is 0.267. The summed E-state index contributed by atoms with van der Waals surface area (Å²) in [5.74, 6) is 0.295. The van der Waals surface area contributed by atoms with E-state index in [4.69, 9.17) is 15.2 Å². The van der Waals surface area contributed by atoms with Crippen molar-refractivity contribution in [1.82, 2.24) is 0 Å². The molecule has 1 heterocycles. The van der Waals surface area contributed by atoms with Gasteiger partial charge in [0.05, 0.1) is 19.4 Å². The van der Waals surface area contributed by atoms with Crippen LogP contribution >= 0.6 is 11.3 Å². The number of ether oxygens (including phenoxy) is 2. The molecule has 1 aromatic heterocycles.